The van der Waals surface area contributed by atoms with E-state index in [1.54, 1.807) is 0 Å². The van der Waals surface area contributed by atoms with Crippen LogP contribution in [0.2, 0.25) is 6.82 Å². The summed E-state index contributed by atoms with van der Waals surface area (Å²) >= 11 is 0. The molecular formula is C54H43BN2O. The van der Waals surface area contributed by atoms with Gasteiger partial charge in [0.05, 0.1) is 5.52 Å². The predicted octanol–water partition coefficient (Wildman–Crippen LogP) is 13.4. The van der Waals surface area contributed by atoms with Crippen molar-refractivity contribution in [2.75, 3.05) is 5.32 Å². The summed E-state index contributed by atoms with van der Waals surface area (Å²) in [5, 5.41) is 11.3. The first-order valence-electron chi connectivity index (χ1n) is 20.7. The minimum absolute atomic E-state index is 0.0861. The number of furan rings is 1. The number of benzene rings is 8. The molecular weight excluding hydrogens is 703 g/mol. The van der Waals surface area contributed by atoms with Crippen LogP contribution in [-0.4, -0.2) is 11.3 Å². The number of para-hydroxylation sites is 1. The monoisotopic (exact) mass is 746 g/mol. The molecule has 3 heterocycles. The van der Waals surface area contributed by atoms with Crippen LogP contribution in [0.1, 0.15) is 51.3 Å². The summed E-state index contributed by atoms with van der Waals surface area (Å²) in [7, 11) is 0. The summed E-state index contributed by atoms with van der Waals surface area (Å²) in [4.78, 5) is 0. The van der Waals surface area contributed by atoms with Crippen molar-refractivity contribution in [3.8, 4) is 27.9 Å². The van der Waals surface area contributed by atoms with Crippen LogP contribution in [0.5, 0.6) is 0 Å². The van der Waals surface area contributed by atoms with Crippen molar-refractivity contribution in [2.24, 2.45) is 0 Å². The van der Waals surface area contributed by atoms with E-state index in [4.69, 9.17) is 4.42 Å². The van der Waals surface area contributed by atoms with E-state index >= 15 is 0 Å². The molecule has 1 aliphatic heterocycles. The summed E-state index contributed by atoms with van der Waals surface area (Å²) in [5.74, 6) is 0. The Morgan fingerprint density at radius 2 is 1.36 bits per heavy atom. The molecule has 0 radical (unpaired) electrons. The van der Waals surface area contributed by atoms with Gasteiger partial charge in [0, 0.05) is 55.1 Å². The largest absolute Gasteiger partial charge is 0.456 e. The molecule has 1 aliphatic carbocycles. The molecule has 10 aromatic rings. The van der Waals surface area contributed by atoms with E-state index in [1.807, 2.05) is 0 Å². The Labute approximate surface area is 339 Å². The first kappa shape index (κ1) is 33.6. The molecule has 0 atom stereocenters. The summed E-state index contributed by atoms with van der Waals surface area (Å²) in [6.07, 6.45) is 0. The maximum absolute atomic E-state index is 6.59. The van der Waals surface area contributed by atoms with E-state index in [0.717, 1.165) is 33.3 Å². The average Bonchev–Trinajstić information content (AvgIpc) is 3.83. The normalized spacial score (nSPS) is 14.1. The number of nitrogens with zero attached hydrogens (tertiary/aromatic N) is 1. The van der Waals surface area contributed by atoms with E-state index in [2.05, 4.69) is 197 Å². The minimum atomic E-state index is -0.0980. The van der Waals surface area contributed by atoms with Crippen molar-refractivity contribution in [1.82, 2.24) is 4.57 Å². The van der Waals surface area contributed by atoms with Gasteiger partial charge in [-0.3, -0.25) is 0 Å². The Kier molecular flexibility index (Phi) is 6.69. The molecule has 0 amide bonds. The first-order chi connectivity index (χ1) is 28.1. The van der Waals surface area contributed by atoms with Gasteiger partial charge in [-0.1, -0.05) is 139 Å². The third-order valence-electron chi connectivity index (χ3n) is 13.6. The van der Waals surface area contributed by atoms with Crippen molar-refractivity contribution in [3.05, 3.63) is 162 Å². The number of nitrogens with one attached hydrogen (secondary N) is 1. The minimum Gasteiger partial charge on any atom is -0.456 e. The van der Waals surface area contributed by atoms with Crippen LogP contribution in [0.3, 0.4) is 0 Å². The Bertz CT molecular complexity index is 3390. The second kappa shape index (κ2) is 11.5. The van der Waals surface area contributed by atoms with Gasteiger partial charge in [0.2, 0.25) is 6.71 Å². The third kappa shape index (κ3) is 4.52. The first-order valence-corrected chi connectivity index (χ1v) is 20.7. The van der Waals surface area contributed by atoms with Crippen molar-refractivity contribution in [1.29, 1.82) is 0 Å². The van der Waals surface area contributed by atoms with E-state index in [0.29, 0.717) is 0 Å². The van der Waals surface area contributed by atoms with Crippen LogP contribution in [0.25, 0.3) is 82.5 Å². The van der Waals surface area contributed by atoms with Gasteiger partial charge in [-0.05, 0) is 109 Å². The fourth-order valence-corrected chi connectivity index (χ4v) is 10.6. The summed E-state index contributed by atoms with van der Waals surface area (Å²) in [5.41, 5.74) is 19.7. The number of fused-ring (bicyclic) bond motifs is 12. The highest BCUT2D eigenvalue weighted by Crippen LogP contribution is 2.51. The van der Waals surface area contributed by atoms with Crippen LogP contribution >= 0.6 is 0 Å². The molecule has 4 heteroatoms. The molecule has 0 spiro atoms. The van der Waals surface area contributed by atoms with E-state index < -0.39 is 0 Å². The van der Waals surface area contributed by atoms with Gasteiger partial charge in [0.1, 0.15) is 11.2 Å². The van der Waals surface area contributed by atoms with Crippen molar-refractivity contribution < 1.29 is 4.42 Å². The van der Waals surface area contributed by atoms with Gasteiger partial charge in [-0.25, -0.2) is 0 Å². The summed E-state index contributed by atoms with van der Waals surface area (Å²) < 4.78 is 9.18. The van der Waals surface area contributed by atoms with E-state index in [1.165, 1.54) is 88.1 Å². The quantitative estimate of drug-likeness (QED) is 0.183. The summed E-state index contributed by atoms with van der Waals surface area (Å²) in [6.45, 7) is 14.1. The molecule has 278 valence electrons. The predicted molar refractivity (Wildman–Crippen MR) is 248 cm³/mol. The molecule has 2 aliphatic rings. The number of hydrogen-bond acceptors (Lipinski definition) is 2. The lowest BCUT2D eigenvalue weighted by molar-refractivity contribution is 0.590. The topological polar surface area (TPSA) is 30.1 Å². The number of rotatable bonds is 3. The molecule has 2 aromatic heterocycles. The van der Waals surface area contributed by atoms with Gasteiger partial charge in [0.15, 0.2) is 0 Å². The van der Waals surface area contributed by atoms with Crippen LogP contribution in [-0.2, 0) is 10.8 Å². The van der Waals surface area contributed by atoms with Gasteiger partial charge in [0.25, 0.3) is 0 Å². The average molecular weight is 747 g/mol. The van der Waals surface area contributed by atoms with Crippen molar-refractivity contribution >= 4 is 83.5 Å². The number of anilines is 2. The lowest BCUT2D eigenvalue weighted by Crippen LogP contribution is -2.46. The zero-order chi connectivity index (χ0) is 39.2. The zero-order valence-corrected chi connectivity index (χ0v) is 33.8. The maximum atomic E-state index is 6.59. The van der Waals surface area contributed by atoms with Crippen molar-refractivity contribution in [3.63, 3.8) is 0 Å². The molecule has 1 N–H and O–H groups in total. The Hall–Kier alpha value is -6.52. The van der Waals surface area contributed by atoms with Crippen LogP contribution in [0.15, 0.2) is 150 Å². The number of hydrogen-bond donors (Lipinski definition) is 1. The van der Waals surface area contributed by atoms with Crippen LogP contribution in [0, 0.1) is 0 Å². The van der Waals surface area contributed by atoms with Gasteiger partial charge >= 0.3 is 0 Å². The molecule has 0 bridgehead atoms. The van der Waals surface area contributed by atoms with Gasteiger partial charge in [-0.15, -0.1) is 0 Å². The maximum Gasteiger partial charge on any atom is 0.212 e. The second-order valence-corrected chi connectivity index (χ2v) is 18.2. The Morgan fingerprint density at radius 3 is 2.19 bits per heavy atom. The molecule has 0 saturated carbocycles. The van der Waals surface area contributed by atoms with Gasteiger partial charge < -0.3 is 14.3 Å². The zero-order valence-electron chi connectivity index (χ0n) is 33.8. The smallest absolute Gasteiger partial charge is 0.212 e. The molecule has 0 unspecified atom stereocenters. The summed E-state index contributed by atoms with van der Waals surface area (Å²) in [6, 6.07) is 54.3. The standard InChI is InChI=1S/C54H43BN2O/c1-53(2,3)32-20-22-33(23-21-32)56-45-26-19-31-13-7-8-14-34(31)50(45)38-25-24-37-40-27-43-39(35-15-9-11-17-42(35)54(43,4)5)28-46(40)57-47-29-41-36-16-10-12-18-48(36)58-49(41)30-44(47)55(6)51(38)52(37)57/h7-30,56H,1-6H3. The third-order valence-corrected chi connectivity index (χ3v) is 13.6. The highest BCUT2D eigenvalue weighted by molar-refractivity contribution is 6.88. The highest BCUT2D eigenvalue weighted by Gasteiger charge is 2.38. The Morgan fingerprint density at radius 1 is 0.603 bits per heavy atom. The van der Waals surface area contributed by atoms with Crippen LogP contribution in [0.4, 0.5) is 11.4 Å². The van der Waals surface area contributed by atoms with Crippen molar-refractivity contribution in [2.45, 2.75) is 52.3 Å². The van der Waals surface area contributed by atoms with E-state index in [-0.39, 0.29) is 17.5 Å². The molecule has 0 fully saturated rings. The molecule has 3 nitrogen and oxygen atoms in total. The van der Waals surface area contributed by atoms with E-state index in [9.17, 15) is 0 Å². The van der Waals surface area contributed by atoms with Crippen LogP contribution < -0.4 is 16.2 Å². The highest BCUT2D eigenvalue weighted by atomic mass is 16.3. The molecule has 58 heavy (non-hydrogen) atoms. The fraction of sp³-hybridized carbons (Fsp3) is 0.148. The molecule has 8 aromatic carbocycles. The lowest BCUT2D eigenvalue weighted by Gasteiger charge is -2.28. The fourth-order valence-electron chi connectivity index (χ4n) is 10.6. The Balaban J connectivity index is 1.18. The molecule has 12 rings (SSSR count). The SMILES string of the molecule is CB1c2cc3oc4ccccc4c3cc2-n2c3cc4c(cc3c3ccc(-c5c(Nc6ccc(C(C)(C)C)cc6)ccc6ccccc56)c1c32)C(C)(C)c1ccccc1-4. The number of aromatic nitrogens is 1. The second-order valence-electron chi connectivity index (χ2n) is 18.2. The van der Waals surface area contributed by atoms with Gasteiger partial charge in [-0.2, -0.15) is 0 Å². The lowest BCUT2D eigenvalue weighted by atomic mass is 9.40. The molecule has 0 saturated heterocycles.